The highest BCUT2D eigenvalue weighted by molar-refractivity contribution is 6.30. The Bertz CT molecular complexity index is 775. The zero-order valence-corrected chi connectivity index (χ0v) is 13.6. The lowest BCUT2D eigenvalue weighted by Gasteiger charge is -2.26. The number of hydrogen-bond donors (Lipinski definition) is 2. The van der Waals surface area contributed by atoms with Crippen molar-refractivity contribution in [2.75, 3.05) is 0 Å². The number of hydrogen-bond acceptors (Lipinski definition) is 4. The van der Waals surface area contributed by atoms with Crippen LogP contribution in [0, 0.1) is 5.82 Å². The van der Waals surface area contributed by atoms with Crippen molar-refractivity contribution in [3.8, 4) is 0 Å². The van der Waals surface area contributed by atoms with Crippen LogP contribution < -0.4 is 11.1 Å². The van der Waals surface area contributed by atoms with Crippen LogP contribution in [0.1, 0.15) is 49.8 Å². The highest BCUT2D eigenvalue weighted by Crippen LogP contribution is 2.52. The third-order valence-corrected chi connectivity index (χ3v) is 5.55. The molecule has 0 radical (unpaired) electrons. The van der Waals surface area contributed by atoms with Crippen LogP contribution >= 0.6 is 11.6 Å². The Labute approximate surface area is 139 Å². The molecule has 0 bridgehead atoms. The van der Waals surface area contributed by atoms with Crippen molar-refractivity contribution < 1.29 is 4.39 Å². The highest BCUT2D eigenvalue weighted by Gasteiger charge is 2.44. The van der Waals surface area contributed by atoms with E-state index < -0.39 is 6.04 Å². The van der Waals surface area contributed by atoms with Crippen LogP contribution in [0.15, 0.2) is 33.3 Å². The van der Waals surface area contributed by atoms with E-state index in [9.17, 15) is 4.39 Å². The molecule has 4 rings (SSSR count). The normalized spacial score (nSPS) is 24.8. The van der Waals surface area contributed by atoms with Crippen LogP contribution in [-0.2, 0) is 5.41 Å². The first-order valence-electron chi connectivity index (χ1n) is 7.86. The lowest BCUT2D eigenvalue weighted by molar-refractivity contribution is 0.593. The van der Waals surface area contributed by atoms with Crippen LogP contribution in [0.4, 0.5) is 10.1 Å². The Kier molecular flexibility index (Phi) is 3.23. The molecule has 3 N–H and O–H groups in total. The number of fused-ring (bicyclic) bond motifs is 2. The summed E-state index contributed by atoms with van der Waals surface area (Å²) in [7, 11) is 0. The molecule has 1 atom stereocenters. The number of benzene rings is 1. The van der Waals surface area contributed by atoms with Crippen molar-refractivity contribution in [2.24, 2.45) is 15.7 Å². The van der Waals surface area contributed by atoms with Gasteiger partial charge >= 0.3 is 0 Å². The molecule has 2 aliphatic heterocycles. The van der Waals surface area contributed by atoms with Crippen LogP contribution in [0.5, 0.6) is 0 Å². The number of rotatable bonds is 1. The fraction of sp³-hybridized carbons (Fsp3) is 0.412. The quantitative estimate of drug-likeness (QED) is 0.822. The van der Waals surface area contributed by atoms with Crippen LogP contribution in [0.3, 0.4) is 0 Å². The molecule has 1 unspecified atom stereocenters. The van der Waals surface area contributed by atoms with Gasteiger partial charge in [-0.3, -0.25) is 4.99 Å². The van der Waals surface area contributed by atoms with E-state index in [0.29, 0.717) is 10.7 Å². The predicted molar refractivity (Wildman–Crippen MR) is 90.8 cm³/mol. The Balaban J connectivity index is 1.85. The minimum absolute atomic E-state index is 0.107. The van der Waals surface area contributed by atoms with Crippen LogP contribution in [-0.4, -0.2) is 11.7 Å². The van der Waals surface area contributed by atoms with Gasteiger partial charge in [0.2, 0.25) is 0 Å². The maximum atomic E-state index is 14.7. The molecule has 1 fully saturated rings. The summed E-state index contributed by atoms with van der Waals surface area (Å²) in [6, 6.07) is 3.04. The van der Waals surface area contributed by atoms with Gasteiger partial charge in [-0.25, -0.2) is 9.38 Å². The van der Waals surface area contributed by atoms with Gasteiger partial charge in [0.1, 0.15) is 17.5 Å². The van der Waals surface area contributed by atoms with E-state index in [1.54, 1.807) is 6.20 Å². The van der Waals surface area contributed by atoms with E-state index in [2.05, 4.69) is 15.3 Å². The minimum atomic E-state index is -0.461. The second kappa shape index (κ2) is 5.06. The van der Waals surface area contributed by atoms with Crippen molar-refractivity contribution in [3.63, 3.8) is 0 Å². The van der Waals surface area contributed by atoms with Gasteiger partial charge in [0.15, 0.2) is 5.96 Å². The van der Waals surface area contributed by atoms with Crippen molar-refractivity contribution >= 4 is 29.0 Å². The molecular formula is C17H18ClFN4. The van der Waals surface area contributed by atoms with Gasteiger partial charge < -0.3 is 11.1 Å². The number of nitrogens with zero attached hydrogens (tertiary/aromatic N) is 2. The summed E-state index contributed by atoms with van der Waals surface area (Å²) in [4.78, 5) is 8.84. The summed E-state index contributed by atoms with van der Waals surface area (Å²) in [6.45, 7) is 2.01. The second-order valence-corrected chi connectivity index (χ2v) is 6.91. The molecule has 2 heterocycles. The van der Waals surface area contributed by atoms with E-state index in [4.69, 9.17) is 17.3 Å². The lowest BCUT2D eigenvalue weighted by atomic mass is 9.76. The van der Waals surface area contributed by atoms with E-state index in [1.807, 2.05) is 13.0 Å². The molecule has 1 aromatic carbocycles. The van der Waals surface area contributed by atoms with E-state index >= 15 is 0 Å². The van der Waals surface area contributed by atoms with Crippen molar-refractivity contribution in [1.29, 1.82) is 0 Å². The fourth-order valence-electron chi connectivity index (χ4n) is 4.03. The molecular weight excluding hydrogens is 315 g/mol. The van der Waals surface area contributed by atoms with Gasteiger partial charge in [-0.1, -0.05) is 24.4 Å². The Morgan fingerprint density at radius 1 is 1.35 bits per heavy atom. The van der Waals surface area contributed by atoms with Gasteiger partial charge in [0, 0.05) is 17.3 Å². The largest absolute Gasteiger partial charge is 0.370 e. The maximum Gasteiger partial charge on any atom is 0.193 e. The number of guanidine groups is 1. The molecule has 0 aromatic heterocycles. The molecule has 1 aliphatic carbocycles. The van der Waals surface area contributed by atoms with Gasteiger partial charge in [0.25, 0.3) is 0 Å². The number of aliphatic imine (C=N–C) groups is 2. The first-order valence-corrected chi connectivity index (χ1v) is 8.24. The Morgan fingerprint density at radius 2 is 2.09 bits per heavy atom. The Morgan fingerprint density at radius 3 is 2.83 bits per heavy atom. The molecule has 1 spiro atoms. The number of nitrogens with two attached hydrogens (primary N) is 1. The monoisotopic (exact) mass is 332 g/mol. The van der Waals surface area contributed by atoms with Crippen molar-refractivity contribution in [1.82, 2.24) is 5.32 Å². The summed E-state index contributed by atoms with van der Waals surface area (Å²) in [5, 5.41) is 3.27. The zero-order valence-electron chi connectivity index (χ0n) is 12.9. The molecule has 1 aromatic rings. The van der Waals surface area contributed by atoms with E-state index in [-0.39, 0.29) is 17.2 Å². The maximum absolute atomic E-state index is 14.7. The molecule has 23 heavy (non-hydrogen) atoms. The topological polar surface area (TPSA) is 62.8 Å². The fourth-order valence-corrected chi connectivity index (χ4v) is 4.26. The van der Waals surface area contributed by atoms with Crippen LogP contribution in [0.2, 0.25) is 0 Å². The molecule has 3 aliphatic rings. The van der Waals surface area contributed by atoms with E-state index in [0.717, 1.165) is 42.5 Å². The smallest absolute Gasteiger partial charge is 0.193 e. The van der Waals surface area contributed by atoms with Gasteiger partial charge in [-0.15, -0.1) is 0 Å². The molecule has 6 heteroatoms. The van der Waals surface area contributed by atoms with E-state index in [1.165, 1.54) is 6.07 Å². The average Bonchev–Trinajstić information content (AvgIpc) is 3.11. The molecule has 120 valence electrons. The molecule has 0 amide bonds. The summed E-state index contributed by atoms with van der Waals surface area (Å²) >= 11 is 6.25. The minimum Gasteiger partial charge on any atom is -0.370 e. The van der Waals surface area contributed by atoms with Crippen molar-refractivity contribution in [3.05, 3.63) is 40.3 Å². The molecule has 1 saturated carbocycles. The zero-order chi connectivity index (χ0) is 16.2. The predicted octanol–water partition coefficient (Wildman–Crippen LogP) is 3.78. The highest BCUT2D eigenvalue weighted by atomic mass is 35.5. The summed E-state index contributed by atoms with van der Waals surface area (Å²) in [5.74, 6) is -0.0271. The van der Waals surface area contributed by atoms with Gasteiger partial charge in [0.05, 0.1) is 5.03 Å². The van der Waals surface area contributed by atoms with Crippen LogP contribution in [0.25, 0.3) is 0 Å². The second-order valence-electron chi connectivity index (χ2n) is 6.48. The molecule has 4 nitrogen and oxygen atoms in total. The first-order chi connectivity index (χ1) is 11.0. The third kappa shape index (κ3) is 2.10. The van der Waals surface area contributed by atoms with Gasteiger partial charge in [-0.2, -0.15) is 0 Å². The lowest BCUT2D eigenvalue weighted by Crippen LogP contribution is -2.31. The summed E-state index contributed by atoms with van der Waals surface area (Å²) < 4.78 is 14.7. The summed E-state index contributed by atoms with van der Waals surface area (Å²) in [6.07, 6.45) is 5.96. The molecule has 0 saturated heterocycles. The third-order valence-electron chi connectivity index (χ3n) is 5.23. The standard InChI is InChI=1S/C17H18ClFN4/c1-9-17(4-2-3-5-17)11-6-10(7-13(19)15(11)22-9)14-12(18)8-21-16(20)23-14/h6-8,14H,2-5H2,1H3,(H3,20,21,23). The first kappa shape index (κ1) is 14.7. The SMILES string of the molecule is CC1=Nc2c(F)cc(C3N=C(N)NC=C3Cl)cc2C12CCCC2. The number of halogens is 2. The van der Waals surface area contributed by atoms with Gasteiger partial charge in [-0.05, 0) is 43.0 Å². The Hall–Kier alpha value is -1.88. The number of nitrogens with one attached hydrogen (secondary N) is 1. The summed E-state index contributed by atoms with van der Waals surface area (Å²) in [5.41, 5.74) is 8.85. The average molecular weight is 333 g/mol. The van der Waals surface area contributed by atoms with Crippen molar-refractivity contribution in [2.45, 2.75) is 44.1 Å².